The summed E-state index contributed by atoms with van der Waals surface area (Å²) in [6, 6.07) is 22.2. The average Bonchev–Trinajstić information content (AvgIpc) is 3.07. The number of nitrogens with zero attached hydrogens (tertiary/aromatic N) is 2. The number of rotatable bonds is 5. The van der Waals surface area contributed by atoms with Crippen molar-refractivity contribution in [2.24, 2.45) is 0 Å². The molecule has 4 nitrogen and oxygen atoms in total. The average molecular weight is 456 g/mol. The zero-order chi connectivity index (χ0) is 19.5. The Labute approximate surface area is 173 Å². The summed E-state index contributed by atoms with van der Waals surface area (Å²) >= 11 is 4.51. The van der Waals surface area contributed by atoms with E-state index < -0.39 is 5.82 Å². The number of hydrogen-bond donors (Lipinski definition) is 1. The number of nitrogens with one attached hydrogen (secondary N) is 1. The predicted molar refractivity (Wildman–Crippen MR) is 115 cm³/mol. The van der Waals surface area contributed by atoms with Gasteiger partial charge in [0.2, 0.25) is 5.91 Å². The fourth-order valence-electron chi connectivity index (χ4n) is 2.83. The van der Waals surface area contributed by atoms with Crippen molar-refractivity contribution in [1.82, 2.24) is 9.55 Å². The largest absolute Gasteiger partial charge is 0.323 e. The van der Waals surface area contributed by atoms with E-state index >= 15 is 0 Å². The number of hydrogen-bond acceptors (Lipinski definition) is 3. The first-order valence-corrected chi connectivity index (χ1v) is 10.3. The normalized spacial score (nSPS) is 10.9. The summed E-state index contributed by atoms with van der Waals surface area (Å²) in [6.45, 7) is 0. The second kappa shape index (κ2) is 8.16. The highest BCUT2D eigenvalue weighted by molar-refractivity contribution is 9.10. The quantitative estimate of drug-likeness (QED) is 0.395. The van der Waals surface area contributed by atoms with Gasteiger partial charge in [-0.2, -0.15) is 0 Å². The van der Waals surface area contributed by atoms with Gasteiger partial charge in [0.25, 0.3) is 0 Å². The molecule has 0 aliphatic heterocycles. The maximum atomic E-state index is 13.9. The van der Waals surface area contributed by atoms with Crippen LogP contribution in [0.15, 0.2) is 82.4 Å². The van der Waals surface area contributed by atoms with Crippen LogP contribution in [0.25, 0.3) is 16.7 Å². The maximum absolute atomic E-state index is 13.9. The molecule has 0 bridgehead atoms. The molecule has 3 aromatic carbocycles. The van der Waals surface area contributed by atoms with E-state index in [0.717, 1.165) is 16.7 Å². The van der Waals surface area contributed by atoms with Crippen molar-refractivity contribution in [2.45, 2.75) is 5.16 Å². The third-order valence-electron chi connectivity index (χ3n) is 4.08. The van der Waals surface area contributed by atoms with E-state index in [9.17, 15) is 9.18 Å². The number of benzene rings is 3. The van der Waals surface area contributed by atoms with Gasteiger partial charge < -0.3 is 5.32 Å². The standard InChI is InChI=1S/C21H15BrFN3OS/c22-14-10-11-17(16(23)12-14)24-20(27)13-28-21-25-18-8-4-5-9-19(18)26(21)15-6-2-1-3-7-15/h1-12H,13H2,(H,24,27). The van der Waals surface area contributed by atoms with Gasteiger partial charge >= 0.3 is 0 Å². The van der Waals surface area contributed by atoms with Crippen molar-refractivity contribution in [3.8, 4) is 5.69 Å². The SMILES string of the molecule is O=C(CSc1nc2ccccc2n1-c1ccccc1)Nc1ccc(Br)cc1F. The molecule has 0 aliphatic rings. The highest BCUT2D eigenvalue weighted by Gasteiger charge is 2.15. The second-order valence-corrected chi connectivity index (χ2v) is 7.87. The molecule has 1 heterocycles. The monoisotopic (exact) mass is 455 g/mol. The molecular weight excluding hydrogens is 441 g/mol. The molecule has 1 N–H and O–H groups in total. The van der Waals surface area contributed by atoms with Crippen LogP contribution in [0.2, 0.25) is 0 Å². The van der Waals surface area contributed by atoms with E-state index in [1.54, 1.807) is 6.07 Å². The summed E-state index contributed by atoms with van der Waals surface area (Å²) in [4.78, 5) is 17.0. The van der Waals surface area contributed by atoms with Crippen molar-refractivity contribution >= 4 is 50.3 Å². The molecule has 0 fully saturated rings. The minimum Gasteiger partial charge on any atom is -0.323 e. The lowest BCUT2D eigenvalue weighted by Crippen LogP contribution is -2.15. The number of para-hydroxylation sites is 3. The van der Waals surface area contributed by atoms with Crippen LogP contribution >= 0.6 is 27.7 Å². The summed E-state index contributed by atoms with van der Waals surface area (Å²) in [7, 11) is 0. The van der Waals surface area contributed by atoms with E-state index in [-0.39, 0.29) is 17.3 Å². The molecule has 4 aromatic rings. The third kappa shape index (κ3) is 3.95. The lowest BCUT2D eigenvalue weighted by Gasteiger charge is -2.09. The van der Waals surface area contributed by atoms with E-state index in [1.807, 2.05) is 59.2 Å². The van der Waals surface area contributed by atoms with Gasteiger partial charge in [0.15, 0.2) is 5.16 Å². The van der Waals surface area contributed by atoms with Crippen molar-refractivity contribution in [2.75, 3.05) is 11.1 Å². The van der Waals surface area contributed by atoms with Crippen molar-refractivity contribution < 1.29 is 9.18 Å². The predicted octanol–water partition coefficient (Wildman–Crippen LogP) is 5.66. The number of amides is 1. The van der Waals surface area contributed by atoms with Gasteiger partial charge in [-0.3, -0.25) is 9.36 Å². The van der Waals surface area contributed by atoms with Gasteiger partial charge in [-0.15, -0.1) is 0 Å². The second-order valence-electron chi connectivity index (χ2n) is 6.02. The first-order chi connectivity index (χ1) is 13.6. The number of anilines is 1. The Balaban J connectivity index is 1.57. The smallest absolute Gasteiger partial charge is 0.234 e. The molecule has 0 radical (unpaired) electrons. The van der Waals surface area contributed by atoms with Crippen LogP contribution < -0.4 is 5.32 Å². The fraction of sp³-hybridized carbons (Fsp3) is 0.0476. The van der Waals surface area contributed by atoms with Crippen LogP contribution in [0, 0.1) is 5.82 Å². The van der Waals surface area contributed by atoms with E-state index in [2.05, 4.69) is 26.2 Å². The van der Waals surface area contributed by atoms with Crippen molar-refractivity contribution in [3.05, 3.63) is 83.1 Å². The number of thioether (sulfide) groups is 1. The molecule has 7 heteroatoms. The Kier molecular flexibility index (Phi) is 5.45. The Morgan fingerprint density at radius 1 is 1.07 bits per heavy atom. The summed E-state index contributed by atoms with van der Waals surface area (Å²) < 4.78 is 16.6. The minimum absolute atomic E-state index is 0.117. The molecule has 0 atom stereocenters. The van der Waals surface area contributed by atoms with Crippen LogP contribution in [0.3, 0.4) is 0 Å². The topological polar surface area (TPSA) is 46.9 Å². The molecular formula is C21H15BrFN3OS. The van der Waals surface area contributed by atoms with E-state index in [4.69, 9.17) is 0 Å². The molecule has 1 aromatic heterocycles. The third-order valence-corrected chi connectivity index (χ3v) is 5.51. The fourth-order valence-corrected chi connectivity index (χ4v) is 4.00. The lowest BCUT2D eigenvalue weighted by molar-refractivity contribution is -0.113. The van der Waals surface area contributed by atoms with Crippen molar-refractivity contribution in [3.63, 3.8) is 0 Å². The number of halogens is 2. The Bertz CT molecular complexity index is 1150. The molecule has 4 rings (SSSR count). The van der Waals surface area contributed by atoms with Gasteiger partial charge in [-0.05, 0) is 42.5 Å². The molecule has 0 aliphatic carbocycles. The molecule has 28 heavy (non-hydrogen) atoms. The van der Waals surface area contributed by atoms with Crippen LogP contribution in [0.1, 0.15) is 0 Å². The van der Waals surface area contributed by atoms with Crippen LogP contribution in [-0.4, -0.2) is 21.2 Å². The van der Waals surface area contributed by atoms with Gasteiger partial charge in [0.1, 0.15) is 5.82 Å². The number of carbonyl (C=O) groups excluding carboxylic acids is 1. The van der Waals surface area contributed by atoms with Crippen LogP contribution in [0.5, 0.6) is 0 Å². The van der Waals surface area contributed by atoms with Gasteiger partial charge in [0.05, 0.1) is 22.5 Å². The summed E-state index contributed by atoms with van der Waals surface area (Å²) in [5.74, 6) is -0.659. The molecule has 0 saturated carbocycles. The molecule has 140 valence electrons. The lowest BCUT2D eigenvalue weighted by atomic mass is 10.3. The zero-order valence-corrected chi connectivity index (χ0v) is 17.0. The first-order valence-electron chi connectivity index (χ1n) is 8.52. The van der Waals surface area contributed by atoms with E-state index in [1.165, 1.54) is 23.9 Å². The van der Waals surface area contributed by atoms with Gasteiger partial charge in [-0.25, -0.2) is 9.37 Å². The van der Waals surface area contributed by atoms with E-state index in [0.29, 0.717) is 9.63 Å². The molecule has 0 saturated heterocycles. The van der Waals surface area contributed by atoms with Crippen LogP contribution in [-0.2, 0) is 4.79 Å². The number of imidazole rings is 1. The Hall–Kier alpha value is -2.64. The molecule has 1 amide bonds. The summed E-state index contributed by atoms with van der Waals surface area (Å²) in [5, 5.41) is 3.32. The summed E-state index contributed by atoms with van der Waals surface area (Å²) in [6.07, 6.45) is 0. The highest BCUT2D eigenvalue weighted by Crippen LogP contribution is 2.28. The summed E-state index contributed by atoms with van der Waals surface area (Å²) in [5.41, 5.74) is 2.95. The zero-order valence-electron chi connectivity index (χ0n) is 14.6. The number of carbonyl (C=O) groups is 1. The van der Waals surface area contributed by atoms with Gasteiger partial charge in [-0.1, -0.05) is 58.0 Å². The Morgan fingerprint density at radius 2 is 1.82 bits per heavy atom. The van der Waals surface area contributed by atoms with Crippen LogP contribution in [0.4, 0.5) is 10.1 Å². The maximum Gasteiger partial charge on any atom is 0.234 e. The first kappa shape index (κ1) is 18.7. The minimum atomic E-state index is -0.482. The number of fused-ring (bicyclic) bond motifs is 1. The van der Waals surface area contributed by atoms with Gasteiger partial charge in [0, 0.05) is 10.2 Å². The number of aromatic nitrogens is 2. The highest BCUT2D eigenvalue weighted by atomic mass is 79.9. The molecule has 0 spiro atoms. The van der Waals surface area contributed by atoms with Crippen molar-refractivity contribution in [1.29, 1.82) is 0 Å². The Morgan fingerprint density at radius 3 is 2.61 bits per heavy atom. The molecule has 0 unspecified atom stereocenters.